The Morgan fingerprint density at radius 1 is 1.00 bits per heavy atom. The van der Waals surface area contributed by atoms with E-state index in [2.05, 4.69) is 52.9 Å². The molecule has 0 saturated heterocycles. The van der Waals surface area contributed by atoms with Crippen LogP contribution in [0.5, 0.6) is 11.5 Å². The molecule has 4 aromatic carbocycles. The zero-order valence-corrected chi connectivity index (χ0v) is 20.9. The summed E-state index contributed by atoms with van der Waals surface area (Å²) in [5, 5.41) is 12.7. The number of halogens is 2. The summed E-state index contributed by atoms with van der Waals surface area (Å²) in [7, 11) is 0. The van der Waals surface area contributed by atoms with E-state index in [1.807, 2.05) is 55.5 Å². The summed E-state index contributed by atoms with van der Waals surface area (Å²) in [6, 6.07) is 27.9. The minimum atomic E-state index is 0.431. The van der Waals surface area contributed by atoms with Gasteiger partial charge in [0.2, 0.25) is 0 Å². The van der Waals surface area contributed by atoms with E-state index in [0.717, 1.165) is 20.3 Å². The summed E-state index contributed by atoms with van der Waals surface area (Å²) in [6.07, 6.45) is 1.85. The van der Waals surface area contributed by atoms with Gasteiger partial charge in [0.05, 0.1) is 21.8 Å². The van der Waals surface area contributed by atoms with Crippen molar-refractivity contribution in [1.82, 2.24) is 0 Å². The number of ether oxygens (including phenoxy) is 2. The number of nitriles is 1. The summed E-state index contributed by atoms with van der Waals surface area (Å²) in [5.74, 6) is 1.36. The number of fused-ring (bicyclic) bond motifs is 1. The van der Waals surface area contributed by atoms with Crippen molar-refractivity contribution < 1.29 is 9.47 Å². The van der Waals surface area contributed by atoms with Crippen molar-refractivity contribution in [1.29, 1.82) is 5.26 Å². The molecule has 0 saturated carbocycles. The lowest BCUT2D eigenvalue weighted by atomic mass is 10.0. The first kappa shape index (κ1) is 23.2. The highest BCUT2D eigenvalue weighted by Crippen LogP contribution is 2.36. The molecule has 0 spiro atoms. The van der Waals surface area contributed by atoms with Crippen LogP contribution in [0.15, 0.2) is 78.9 Å². The average molecular weight is 566 g/mol. The van der Waals surface area contributed by atoms with Gasteiger partial charge < -0.3 is 9.47 Å². The maximum absolute atomic E-state index is 9.69. The van der Waals surface area contributed by atoms with Gasteiger partial charge in [-0.15, -0.1) is 0 Å². The van der Waals surface area contributed by atoms with Crippen LogP contribution in [0, 0.1) is 14.9 Å². The lowest BCUT2D eigenvalue weighted by molar-refractivity contribution is 0.268. The van der Waals surface area contributed by atoms with E-state index in [1.54, 1.807) is 12.1 Å². The van der Waals surface area contributed by atoms with E-state index >= 15 is 0 Å². The van der Waals surface area contributed by atoms with E-state index in [4.69, 9.17) is 21.1 Å². The number of hydrogen-bond acceptors (Lipinski definition) is 3. The molecule has 0 atom stereocenters. The van der Waals surface area contributed by atoms with Crippen LogP contribution in [-0.2, 0) is 6.61 Å². The van der Waals surface area contributed by atoms with Crippen molar-refractivity contribution in [3.8, 4) is 17.6 Å². The molecule has 0 fully saturated rings. The molecule has 0 unspecified atom stereocenters. The number of benzene rings is 4. The second-order valence-electron chi connectivity index (χ2n) is 7.37. The second-order valence-corrected chi connectivity index (χ2v) is 8.97. The van der Waals surface area contributed by atoms with Gasteiger partial charge in [0.15, 0.2) is 11.5 Å². The third-order valence-electron chi connectivity index (χ3n) is 5.17. The normalized spacial score (nSPS) is 11.3. The Bertz CT molecular complexity index is 1350. The van der Waals surface area contributed by atoms with Gasteiger partial charge in [-0.25, -0.2) is 0 Å². The van der Waals surface area contributed by atoms with Crippen molar-refractivity contribution in [2.45, 2.75) is 13.5 Å². The zero-order valence-electron chi connectivity index (χ0n) is 18.0. The Morgan fingerprint density at radius 3 is 2.52 bits per heavy atom. The SMILES string of the molecule is CCOc1cc(/C=C(/C#N)c2ccc(Cl)cc2)cc(I)c1OCc1cccc2ccccc12. The number of hydrogen-bond donors (Lipinski definition) is 0. The monoisotopic (exact) mass is 565 g/mol. The molecule has 5 heteroatoms. The Kier molecular flexibility index (Phi) is 7.54. The van der Waals surface area contributed by atoms with Crippen molar-refractivity contribution in [2.24, 2.45) is 0 Å². The van der Waals surface area contributed by atoms with E-state index in [9.17, 15) is 5.26 Å². The maximum atomic E-state index is 9.69. The predicted octanol–water partition coefficient (Wildman–Crippen LogP) is 8.14. The third kappa shape index (κ3) is 5.50. The van der Waals surface area contributed by atoms with Crippen molar-refractivity contribution in [2.75, 3.05) is 6.61 Å². The molecule has 33 heavy (non-hydrogen) atoms. The van der Waals surface area contributed by atoms with Gasteiger partial charge in [-0.1, -0.05) is 66.2 Å². The first-order valence-corrected chi connectivity index (χ1v) is 12.0. The summed E-state index contributed by atoms with van der Waals surface area (Å²) < 4.78 is 13.1. The molecule has 0 aliphatic heterocycles. The Morgan fingerprint density at radius 2 is 1.76 bits per heavy atom. The van der Waals surface area contributed by atoms with Gasteiger partial charge >= 0.3 is 0 Å². The number of allylic oxidation sites excluding steroid dienone is 1. The van der Waals surface area contributed by atoms with Crippen LogP contribution in [0.3, 0.4) is 0 Å². The van der Waals surface area contributed by atoms with Gasteiger partial charge in [0, 0.05) is 5.02 Å². The molecule has 0 aliphatic rings. The molecule has 0 aromatic heterocycles. The van der Waals surface area contributed by atoms with Gasteiger partial charge in [0.1, 0.15) is 6.61 Å². The van der Waals surface area contributed by atoms with Crippen LogP contribution < -0.4 is 9.47 Å². The molecule has 164 valence electrons. The molecule has 3 nitrogen and oxygen atoms in total. The third-order valence-corrected chi connectivity index (χ3v) is 6.22. The van der Waals surface area contributed by atoms with Crippen LogP contribution in [0.25, 0.3) is 22.4 Å². The van der Waals surface area contributed by atoms with Crippen LogP contribution in [-0.4, -0.2) is 6.61 Å². The van der Waals surface area contributed by atoms with Crippen LogP contribution in [0.4, 0.5) is 0 Å². The van der Waals surface area contributed by atoms with Crippen molar-refractivity contribution in [3.05, 3.63) is 104 Å². The summed E-state index contributed by atoms with van der Waals surface area (Å²) in [5.41, 5.74) is 3.34. The number of rotatable bonds is 7. The minimum absolute atomic E-state index is 0.431. The molecule has 0 bridgehead atoms. The zero-order chi connectivity index (χ0) is 23.2. The molecule has 0 heterocycles. The first-order chi connectivity index (χ1) is 16.1. The van der Waals surface area contributed by atoms with Crippen LogP contribution >= 0.6 is 34.2 Å². The standard InChI is InChI=1S/C28H21ClINO2/c1-2-32-27-16-19(14-23(17-31)20-10-12-24(29)13-11-20)15-26(30)28(27)33-18-22-8-5-7-21-6-3-4-9-25(21)22/h3-16H,2,18H2,1H3/b23-14-. The van der Waals surface area contributed by atoms with Crippen LogP contribution in [0.2, 0.25) is 5.02 Å². The molecular weight excluding hydrogens is 545 g/mol. The van der Waals surface area contributed by atoms with Gasteiger partial charge in [-0.2, -0.15) is 5.26 Å². The van der Waals surface area contributed by atoms with Crippen molar-refractivity contribution in [3.63, 3.8) is 0 Å². The van der Waals surface area contributed by atoms with Gasteiger partial charge in [-0.05, 0) is 87.3 Å². The first-order valence-electron chi connectivity index (χ1n) is 10.5. The van der Waals surface area contributed by atoms with Gasteiger partial charge in [-0.3, -0.25) is 0 Å². The molecule has 0 aliphatic carbocycles. The lowest BCUT2D eigenvalue weighted by Gasteiger charge is -2.16. The average Bonchev–Trinajstić information content (AvgIpc) is 2.83. The summed E-state index contributed by atoms with van der Waals surface area (Å²) in [6.45, 7) is 2.88. The molecule has 4 rings (SSSR count). The Hall–Kier alpha value is -3.01. The minimum Gasteiger partial charge on any atom is -0.490 e. The number of nitrogens with zero attached hydrogens (tertiary/aromatic N) is 1. The largest absolute Gasteiger partial charge is 0.490 e. The Labute approximate surface area is 212 Å². The molecule has 0 radical (unpaired) electrons. The molecule has 0 N–H and O–H groups in total. The molecular formula is C28H21ClINO2. The molecule has 0 amide bonds. The highest BCUT2D eigenvalue weighted by Gasteiger charge is 2.14. The smallest absolute Gasteiger partial charge is 0.175 e. The van der Waals surface area contributed by atoms with E-state index < -0.39 is 0 Å². The quantitative estimate of drug-likeness (QED) is 0.129. The van der Waals surface area contributed by atoms with E-state index in [-0.39, 0.29) is 0 Å². The fraction of sp³-hybridized carbons (Fsp3) is 0.107. The van der Waals surface area contributed by atoms with Gasteiger partial charge in [0.25, 0.3) is 0 Å². The maximum Gasteiger partial charge on any atom is 0.175 e. The summed E-state index contributed by atoms with van der Waals surface area (Å²) >= 11 is 8.24. The fourth-order valence-corrected chi connectivity index (χ4v) is 4.53. The fourth-order valence-electron chi connectivity index (χ4n) is 3.62. The van der Waals surface area contributed by atoms with E-state index in [0.29, 0.717) is 35.3 Å². The lowest BCUT2D eigenvalue weighted by Crippen LogP contribution is -2.02. The highest BCUT2D eigenvalue weighted by atomic mass is 127. The Balaban J connectivity index is 1.65. The molecule has 4 aromatic rings. The van der Waals surface area contributed by atoms with Crippen molar-refractivity contribution >= 4 is 56.6 Å². The summed E-state index contributed by atoms with van der Waals surface area (Å²) in [4.78, 5) is 0. The van der Waals surface area contributed by atoms with Crippen LogP contribution in [0.1, 0.15) is 23.6 Å². The van der Waals surface area contributed by atoms with E-state index in [1.165, 1.54) is 10.8 Å². The topological polar surface area (TPSA) is 42.2 Å². The highest BCUT2D eigenvalue weighted by molar-refractivity contribution is 14.1. The second kappa shape index (κ2) is 10.7. The predicted molar refractivity (Wildman–Crippen MR) is 144 cm³/mol.